The second-order valence-corrected chi connectivity index (χ2v) is 9.24. The smallest absolute Gasteiger partial charge is 0.333 e. The highest BCUT2D eigenvalue weighted by molar-refractivity contribution is 7.79. The number of hydrogen-bond acceptors (Lipinski definition) is 6. The first-order chi connectivity index (χ1) is 17.4. The molecule has 0 aliphatic carbocycles. The molecule has 0 bridgehead atoms. The maximum absolute atomic E-state index is 12.2. The fraction of sp³-hybridized carbons (Fsp3) is 0.462. The molecular weight excluding hydrogens is 480 g/mol. The highest BCUT2D eigenvalue weighted by atomic mass is 32.2. The maximum Gasteiger partial charge on any atom is 0.333 e. The van der Waals surface area contributed by atoms with E-state index >= 15 is 0 Å². The van der Waals surface area contributed by atoms with E-state index in [1.807, 2.05) is 0 Å². The van der Waals surface area contributed by atoms with E-state index in [4.69, 9.17) is 16.0 Å². The molecule has 0 aliphatic rings. The topological polar surface area (TPSA) is 116 Å². The van der Waals surface area contributed by atoms with Gasteiger partial charge in [0.25, 0.3) is 0 Å². The van der Waals surface area contributed by atoms with Crippen LogP contribution in [0.2, 0.25) is 0 Å². The summed E-state index contributed by atoms with van der Waals surface area (Å²) in [5.41, 5.74) is 10.4. The van der Waals surface area contributed by atoms with E-state index in [0.717, 1.165) is 37.0 Å². The average Bonchev–Trinajstić information content (AvgIpc) is 2.87. The van der Waals surface area contributed by atoms with Crippen molar-refractivity contribution in [1.29, 1.82) is 0 Å². The summed E-state index contributed by atoms with van der Waals surface area (Å²) in [6.45, 7) is 14.6. The van der Waals surface area contributed by atoms with Gasteiger partial charge in [0.2, 0.25) is 0 Å². The van der Waals surface area contributed by atoms with Gasteiger partial charge in [-0.05, 0) is 67.5 Å². The molecule has 3 N–H and O–H groups in total. The Bertz CT molecular complexity index is 1050. The summed E-state index contributed by atoms with van der Waals surface area (Å²) in [4.78, 5) is 15.7. The molecule has 0 fully saturated rings. The maximum atomic E-state index is 12.2. The molecule has 0 aromatic heterocycles. The van der Waals surface area contributed by atoms with Gasteiger partial charge in [-0.2, -0.15) is 0 Å². The molecule has 2 aromatic rings. The number of hydrazine groups is 1. The molecule has 36 heavy (non-hydrogen) atoms. The van der Waals surface area contributed by atoms with E-state index in [1.165, 1.54) is 11.1 Å². The predicted octanol–water partition coefficient (Wildman–Crippen LogP) is 4.55. The van der Waals surface area contributed by atoms with Crippen molar-refractivity contribution < 1.29 is 23.0 Å². The van der Waals surface area contributed by atoms with Gasteiger partial charge in [-0.1, -0.05) is 37.1 Å². The lowest BCUT2D eigenvalue weighted by Crippen LogP contribution is -2.39. The summed E-state index contributed by atoms with van der Waals surface area (Å²) in [6.07, 6.45) is 3.50. The molecule has 0 saturated heterocycles. The van der Waals surface area contributed by atoms with Crippen molar-refractivity contribution in [3.8, 4) is 5.75 Å². The normalized spacial score (nSPS) is 11.4. The fourth-order valence-electron chi connectivity index (χ4n) is 3.43. The van der Waals surface area contributed by atoms with Crippen molar-refractivity contribution >= 4 is 28.5 Å². The first kappa shape index (κ1) is 29.1. The Balaban J connectivity index is 1.75. The summed E-state index contributed by atoms with van der Waals surface area (Å²) in [7, 11) is 0. The van der Waals surface area contributed by atoms with Crippen LogP contribution in [0.15, 0.2) is 30.3 Å². The summed E-state index contributed by atoms with van der Waals surface area (Å²) in [5.74, 6) is 0.789. The zero-order valence-electron chi connectivity index (χ0n) is 21.1. The van der Waals surface area contributed by atoms with Crippen molar-refractivity contribution in [2.24, 2.45) is 0 Å². The number of anilines is 1. The van der Waals surface area contributed by atoms with Crippen LogP contribution in [0, 0.1) is 13.5 Å². The van der Waals surface area contributed by atoms with Crippen LogP contribution in [0.3, 0.4) is 0 Å². The molecule has 0 radical (unpaired) electrons. The van der Waals surface area contributed by atoms with Crippen molar-refractivity contribution in [1.82, 2.24) is 10.7 Å². The molecule has 1 atom stereocenters. The molecule has 196 valence electrons. The van der Waals surface area contributed by atoms with E-state index in [2.05, 4.69) is 53.1 Å². The lowest BCUT2D eigenvalue weighted by molar-refractivity contribution is 0.135. The second kappa shape index (κ2) is 15.8. The van der Waals surface area contributed by atoms with E-state index in [0.29, 0.717) is 30.1 Å². The first-order valence-electron chi connectivity index (χ1n) is 12.1. The summed E-state index contributed by atoms with van der Waals surface area (Å²) < 4.78 is 32.6. The highest BCUT2D eigenvalue weighted by Gasteiger charge is 2.09. The minimum Gasteiger partial charge on any atom is -0.772 e. The lowest BCUT2D eigenvalue weighted by Gasteiger charge is -2.16. The van der Waals surface area contributed by atoms with Crippen molar-refractivity contribution in [2.75, 3.05) is 30.9 Å². The molecule has 0 aliphatic heterocycles. The number of unbranched alkanes of at least 4 members (excludes halogenated alkanes) is 1. The van der Waals surface area contributed by atoms with Crippen LogP contribution in [-0.2, 0) is 35.3 Å². The SMILES string of the molecule is [C-]#[N+]c1cc(NNC(=O)NCCCCOc2cc(CC)cc(CC)c2)c(COCCS(=O)[O-])cc1C. The number of amides is 2. The summed E-state index contributed by atoms with van der Waals surface area (Å²) >= 11 is -2.17. The van der Waals surface area contributed by atoms with Crippen LogP contribution in [0.1, 0.15) is 48.9 Å². The molecule has 10 heteroatoms. The van der Waals surface area contributed by atoms with Crippen LogP contribution in [-0.4, -0.2) is 40.3 Å². The third-order valence-electron chi connectivity index (χ3n) is 5.47. The van der Waals surface area contributed by atoms with Crippen LogP contribution < -0.4 is 20.9 Å². The Kier molecular flexibility index (Phi) is 12.8. The van der Waals surface area contributed by atoms with Crippen molar-refractivity contribution in [3.63, 3.8) is 0 Å². The number of urea groups is 1. The Morgan fingerprint density at radius 1 is 1.08 bits per heavy atom. The van der Waals surface area contributed by atoms with Crippen molar-refractivity contribution in [3.05, 3.63) is 64.0 Å². The number of hydrogen-bond donors (Lipinski definition) is 3. The van der Waals surface area contributed by atoms with E-state index in [1.54, 1.807) is 19.1 Å². The van der Waals surface area contributed by atoms with Gasteiger partial charge in [-0.3, -0.25) is 15.1 Å². The number of benzene rings is 2. The molecule has 0 heterocycles. The Labute approximate surface area is 216 Å². The molecule has 0 spiro atoms. The van der Waals surface area contributed by atoms with Gasteiger partial charge in [0, 0.05) is 23.5 Å². The van der Waals surface area contributed by atoms with Gasteiger partial charge in [0.15, 0.2) is 5.69 Å². The zero-order valence-corrected chi connectivity index (χ0v) is 22.0. The Hall–Kier alpha value is -3.13. The van der Waals surface area contributed by atoms with Crippen LogP contribution in [0.25, 0.3) is 4.85 Å². The largest absolute Gasteiger partial charge is 0.772 e. The number of carbonyl (C=O) groups is 1. The lowest BCUT2D eigenvalue weighted by atomic mass is 10.1. The Morgan fingerprint density at radius 2 is 1.81 bits per heavy atom. The molecule has 0 saturated carbocycles. The monoisotopic (exact) mass is 515 g/mol. The van der Waals surface area contributed by atoms with Crippen LogP contribution in [0.4, 0.5) is 16.2 Å². The number of ether oxygens (including phenoxy) is 2. The minimum atomic E-state index is -2.17. The van der Waals surface area contributed by atoms with Gasteiger partial charge in [0.1, 0.15) is 5.75 Å². The highest BCUT2D eigenvalue weighted by Crippen LogP contribution is 2.27. The third kappa shape index (κ3) is 10.2. The second-order valence-electron chi connectivity index (χ2n) is 8.22. The van der Waals surface area contributed by atoms with Crippen LogP contribution in [0.5, 0.6) is 5.75 Å². The summed E-state index contributed by atoms with van der Waals surface area (Å²) in [6, 6.07) is 9.36. The van der Waals surface area contributed by atoms with Gasteiger partial charge in [-0.15, -0.1) is 0 Å². The number of carbonyl (C=O) groups excluding carboxylic acids is 1. The quantitative estimate of drug-likeness (QED) is 0.139. The van der Waals surface area contributed by atoms with Gasteiger partial charge in [-0.25, -0.2) is 9.64 Å². The molecule has 1 unspecified atom stereocenters. The summed E-state index contributed by atoms with van der Waals surface area (Å²) in [5, 5.41) is 2.78. The van der Waals surface area contributed by atoms with E-state index in [9.17, 15) is 13.6 Å². The van der Waals surface area contributed by atoms with E-state index in [-0.39, 0.29) is 19.0 Å². The Morgan fingerprint density at radius 3 is 2.44 bits per heavy atom. The molecular formula is C26H35N4O5S-. The van der Waals surface area contributed by atoms with Gasteiger partial charge in [0.05, 0.1) is 26.4 Å². The zero-order chi connectivity index (χ0) is 26.3. The molecule has 9 nitrogen and oxygen atoms in total. The number of nitrogens with zero attached hydrogens (tertiary/aromatic N) is 1. The van der Waals surface area contributed by atoms with Gasteiger partial charge >= 0.3 is 6.03 Å². The molecule has 2 rings (SSSR count). The number of nitrogens with one attached hydrogen (secondary N) is 3. The number of aryl methyl sites for hydroxylation is 3. The molecule has 2 aromatic carbocycles. The minimum absolute atomic E-state index is 0.0562. The first-order valence-corrected chi connectivity index (χ1v) is 13.3. The van der Waals surface area contributed by atoms with Crippen LogP contribution >= 0.6 is 0 Å². The van der Waals surface area contributed by atoms with Gasteiger partial charge < -0.3 is 19.3 Å². The van der Waals surface area contributed by atoms with Crippen molar-refractivity contribution in [2.45, 2.75) is 53.1 Å². The predicted molar refractivity (Wildman–Crippen MR) is 141 cm³/mol. The molecule has 2 amide bonds. The fourth-order valence-corrected chi connectivity index (χ4v) is 3.68. The average molecular weight is 516 g/mol. The standard InChI is InChI=1S/C26H36N4O5S/c1-5-20-14-21(6-2)16-23(15-20)35-10-8-7-9-28-26(31)30-29-25-17-24(27-4)19(3)13-22(25)18-34-11-12-36(32)33/h13-17,29H,5-12,18H2,1-3H3,(H,32,33)(H2,28,30,31)/p-1. The number of rotatable bonds is 15. The third-order valence-corrected chi connectivity index (χ3v) is 5.97. The van der Waals surface area contributed by atoms with E-state index < -0.39 is 17.1 Å².